The van der Waals surface area contributed by atoms with E-state index in [0.29, 0.717) is 0 Å². The Morgan fingerprint density at radius 2 is 1.94 bits per heavy atom. The lowest BCUT2D eigenvalue weighted by molar-refractivity contribution is -0.139. The predicted molar refractivity (Wildman–Crippen MR) is 73.6 cm³/mol. The lowest BCUT2D eigenvalue weighted by Crippen LogP contribution is -2.13. The Labute approximate surface area is 111 Å². The van der Waals surface area contributed by atoms with Crippen LogP contribution in [-0.4, -0.2) is 13.1 Å². The highest BCUT2D eigenvalue weighted by molar-refractivity contribution is 9.09. The van der Waals surface area contributed by atoms with E-state index < -0.39 is 0 Å². The molecule has 0 bridgehead atoms. The second kappa shape index (κ2) is 5.21. The van der Waals surface area contributed by atoms with Crippen molar-refractivity contribution in [3.05, 3.63) is 34.9 Å². The molecule has 1 aromatic carbocycles. The Hall–Kier alpha value is -0.830. The first-order chi connectivity index (χ1) is 7.77. The first kappa shape index (κ1) is 14.2. The van der Waals surface area contributed by atoms with Crippen LogP contribution in [0.25, 0.3) is 0 Å². The molecular weight excluding hydrogens is 280 g/mol. The fourth-order valence-electron chi connectivity index (χ4n) is 1.66. The lowest BCUT2D eigenvalue weighted by Gasteiger charge is -2.21. The van der Waals surface area contributed by atoms with Crippen molar-refractivity contribution in [2.24, 2.45) is 0 Å². The van der Waals surface area contributed by atoms with Crippen LogP contribution in [-0.2, 0) is 14.9 Å². The summed E-state index contributed by atoms with van der Waals surface area (Å²) in [6.07, 6.45) is 0. The lowest BCUT2D eigenvalue weighted by atomic mass is 9.85. The molecule has 1 aromatic rings. The number of esters is 1. The summed E-state index contributed by atoms with van der Waals surface area (Å²) in [6, 6.07) is 6.19. The van der Waals surface area contributed by atoms with E-state index in [1.54, 1.807) is 0 Å². The highest BCUT2D eigenvalue weighted by atomic mass is 79.9. The second-order valence-electron chi connectivity index (χ2n) is 5.21. The molecule has 0 saturated heterocycles. The number of aryl methyl sites for hydroxylation is 1. The third kappa shape index (κ3) is 3.32. The molecule has 0 aromatic heterocycles. The van der Waals surface area contributed by atoms with Crippen LogP contribution in [0.1, 0.15) is 42.3 Å². The largest absolute Gasteiger partial charge is 0.468 e. The molecule has 0 spiro atoms. The van der Waals surface area contributed by atoms with Crippen LogP contribution in [0.15, 0.2) is 18.2 Å². The number of alkyl halides is 1. The fraction of sp³-hybridized carbons (Fsp3) is 0.500. The van der Waals surface area contributed by atoms with Gasteiger partial charge in [0.25, 0.3) is 0 Å². The molecule has 0 fully saturated rings. The zero-order valence-corrected chi connectivity index (χ0v) is 12.6. The van der Waals surface area contributed by atoms with Gasteiger partial charge in [0.1, 0.15) is 4.83 Å². The molecule has 1 unspecified atom stereocenters. The van der Waals surface area contributed by atoms with E-state index >= 15 is 0 Å². The average molecular weight is 299 g/mol. The van der Waals surface area contributed by atoms with Gasteiger partial charge in [0.2, 0.25) is 0 Å². The normalized spacial score (nSPS) is 13.3. The first-order valence-corrected chi connectivity index (χ1v) is 6.52. The third-order valence-corrected chi connectivity index (χ3v) is 3.68. The Morgan fingerprint density at radius 1 is 1.35 bits per heavy atom. The quantitative estimate of drug-likeness (QED) is 0.611. The minimum absolute atomic E-state index is 0.121. The van der Waals surface area contributed by atoms with E-state index in [-0.39, 0.29) is 16.2 Å². The molecule has 3 heteroatoms. The molecule has 2 nitrogen and oxygen atoms in total. The highest BCUT2D eigenvalue weighted by Gasteiger charge is 2.21. The van der Waals surface area contributed by atoms with Gasteiger partial charge >= 0.3 is 5.97 Å². The van der Waals surface area contributed by atoms with Gasteiger partial charge in [0.05, 0.1) is 7.11 Å². The zero-order chi connectivity index (χ0) is 13.2. The van der Waals surface area contributed by atoms with Crippen LogP contribution in [0.4, 0.5) is 0 Å². The van der Waals surface area contributed by atoms with Crippen LogP contribution >= 0.6 is 15.9 Å². The van der Waals surface area contributed by atoms with Crippen LogP contribution in [0, 0.1) is 6.92 Å². The van der Waals surface area contributed by atoms with Crippen molar-refractivity contribution in [2.45, 2.75) is 37.9 Å². The summed E-state index contributed by atoms with van der Waals surface area (Å²) in [6.45, 7) is 8.54. The number of rotatable bonds is 2. The number of ether oxygens (including phenoxy) is 1. The summed E-state index contributed by atoms with van der Waals surface area (Å²) in [5, 5.41) is 0. The number of benzene rings is 1. The Kier molecular flexibility index (Phi) is 4.36. The Morgan fingerprint density at radius 3 is 2.35 bits per heavy atom. The van der Waals surface area contributed by atoms with E-state index in [1.807, 2.05) is 13.0 Å². The van der Waals surface area contributed by atoms with Gasteiger partial charge in [-0.15, -0.1) is 0 Å². The molecule has 0 amide bonds. The number of carbonyl (C=O) groups excluding carboxylic acids is 1. The molecule has 1 rings (SSSR count). The smallest absolute Gasteiger partial charge is 0.324 e. The monoisotopic (exact) mass is 298 g/mol. The molecule has 0 radical (unpaired) electrons. The summed E-state index contributed by atoms with van der Waals surface area (Å²) >= 11 is 3.36. The Bertz CT molecular complexity index is 419. The number of halogens is 1. The van der Waals surface area contributed by atoms with Crippen LogP contribution in [0.3, 0.4) is 0 Å². The van der Waals surface area contributed by atoms with Crippen molar-refractivity contribution in [1.82, 2.24) is 0 Å². The zero-order valence-electron chi connectivity index (χ0n) is 11.0. The topological polar surface area (TPSA) is 26.3 Å². The van der Waals surface area contributed by atoms with E-state index in [9.17, 15) is 4.79 Å². The summed E-state index contributed by atoms with van der Waals surface area (Å²) < 4.78 is 4.73. The molecule has 17 heavy (non-hydrogen) atoms. The summed E-state index contributed by atoms with van der Waals surface area (Å²) in [4.78, 5) is 11.1. The molecule has 94 valence electrons. The van der Waals surface area contributed by atoms with Gasteiger partial charge in [0.15, 0.2) is 0 Å². The maximum atomic E-state index is 11.5. The Balaban J connectivity index is 3.10. The van der Waals surface area contributed by atoms with Crippen molar-refractivity contribution < 1.29 is 9.53 Å². The van der Waals surface area contributed by atoms with Gasteiger partial charge in [0, 0.05) is 0 Å². The standard InChI is InChI=1S/C14H19BrO2/c1-9-8-10(14(2,3)4)6-7-11(9)12(15)13(16)17-5/h6-8,12H,1-5H3. The summed E-state index contributed by atoms with van der Waals surface area (Å²) in [5.74, 6) is -0.267. The molecule has 1 atom stereocenters. The van der Waals surface area contributed by atoms with Gasteiger partial charge in [-0.2, -0.15) is 0 Å². The van der Waals surface area contributed by atoms with Crippen LogP contribution < -0.4 is 0 Å². The van der Waals surface area contributed by atoms with Gasteiger partial charge < -0.3 is 4.74 Å². The van der Waals surface area contributed by atoms with Crippen molar-refractivity contribution >= 4 is 21.9 Å². The minimum atomic E-state index is -0.387. The number of carbonyl (C=O) groups is 1. The molecule has 0 heterocycles. The summed E-state index contributed by atoms with van der Waals surface area (Å²) in [5.41, 5.74) is 3.45. The number of hydrogen-bond acceptors (Lipinski definition) is 2. The SMILES string of the molecule is COC(=O)C(Br)c1ccc(C(C)(C)C)cc1C. The van der Waals surface area contributed by atoms with Crippen molar-refractivity contribution in [1.29, 1.82) is 0 Å². The van der Waals surface area contributed by atoms with Crippen molar-refractivity contribution in [2.75, 3.05) is 7.11 Å². The number of hydrogen-bond donors (Lipinski definition) is 0. The molecule has 0 aliphatic carbocycles. The maximum absolute atomic E-state index is 11.5. The van der Waals surface area contributed by atoms with E-state index in [2.05, 4.69) is 48.8 Å². The first-order valence-electron chi connectivity index (χ1n) is 5.60. The van der Waals surface area contributed by atoms with E-state index in [0.717, 1.165) is 11.1 Å². The predicted octanol–water partition coefficient (Wildman–Crippen LogP) is 3.90. The number of methoxy groups -OCH3 is 1. The van der Waals surface area contributed by atoms with Gasteiger partial charge in [-0.25, -0.2) is 0 Å². The van der Waals surface area contributed by atoms with Crippen molar-refractivity contribution in [3.8, 4) is 0 Å². The van der Waals surface area contributed by atoms with Gasteiger partial charge in [-0.1, -0.05) is 54.9 Å². The van der Waals surface area contributed by atoms with Gasteiger partial charge in [-0.05, 0) is 29.0 Å². The van der Waals surface area contributed by atoms with Crippen LogP contribution in [0.5, 0.6) is 0 Å². The summed E-state index contributed by atoms with van der Waals surface area (Å²) in [7, 11) is 1.40. The molecular formula is C14H19BrO2. The third-order valence-electron chi connectivity index (χ3n) is 2.82. The van der Waals surface area contributed by atoms with Crippen molar-refractivity contribution in [3.63, 3.8) is 0 Å². The average Bonchev–Trinajstić information content (AvgIpc) is 2.25. The molecule has 0 saturated carbocycles. The van der Waals surface area contributed by atoms with Gasteiger partial charge in [-0.3, -0.25) is 4.79 Å². The molecule has 0 N–H and O–H groups in total. The van der Waals surface area contributed by atoms with E-state index in [4.69, 9.17) is 4.74 Å². The van der Waals surface area contributed by atoms with E-state index in [1.165, 1.54) is 12.7 Å². The van der Waals surface area contributed by atoms with Crippen LogP contribution in [0.2, 0.25) is 0 Å². The molecule has 0 aliphatic heterocycles. The second-order valence-corrected chi connectivity index (χ2v) is 6.12. The molecule has 0 aliphatic rings. The fourth-order valence-corrected chi connectivity index (χ4v) is 2.36. The highest BCUT2D eigenvalue weighted by Crippen LogP contribution is 2.30. The maximum Gasteiger partial charge on any atom is 0.324 e. The minimum Gasteiger partial charge on any atom is -0.468 e.